The van der Waals surface area contributed by atoms with Crippen molar-refractivity contribution in [3.05, 3.63) is 24.3 Å². The number of unbranched alkanes of at least 4 members (excludes halogenated alkanes) is 31. The van der Waals surface area contributed by atoms with Crippen LogP contribution >= 0.6 is 0 Å². The molecule has 0 heterocycles. The van der Waals surface area contributed by atoms with Gasteiger partial charge in [0.2, 0.25) is 5.91 Å². The fourth-order valence-electron chi connectivity index (χ4n) is 8.01. The molecule has 0 aromatic rings. The monoisotopic (exact) mass is 832 g/mol. The topological polar surface area (TPSA) is 95.9 Å². The maximum Gasteiger partial charge on any atom is 0.306 e. The van der Waals surface area contributed by atoms with Crippen LogP contribution in [0.3, 0.4) is 0 Å². The molecule has 3 unspecified atom stereocenters. The van der Waals surface area contributed by atoms with Gasteiger partial charge in [-0.3, -0.25) is 9.59 Å². The SMILES string of the molecule is CCCCC/C=C\CCCCCCCC(=O)OC(CCCCCCC/C=C/CCCCCCCC)CC(=O)NC(CO)C(O)CCCCCCCCCCCCCCC. The summed E-state index contributed by atoms with van der Waals surface area (Å²) in [6.07, 6.45) is 53.7. The molecule has 0 radical (unpaired) electrons. The lowest BCUT2D eigenvalue weighted by molar-refractivity contribution is -0.151. The highest BCUT2D eigenvalue weighted by Crippen LogP contribution is 2.18. The quantitative estimate of drug-likeness (QED) is 0.0322. The molecule has 0 spiro atoms. The van der Waals surface area contributed by atoms with Crippen molar-refractivity contribution < 1.29 is 24.5 Å². The third kappa shape index (κ3) is 42.8. The second-order valence-electron chi connectivity index (χ2n) is 17.9. The van der Waals surface area contributed by atoms with Gasteiger partial charge in [0.1, 0.15) is 6.10 Å². The zero-order chi connectivity index (χ0) is 43.1. The Morgan fingerprint density at radius 1 is 0.475 bits per heavy atom. The standard InChI is InChI=1S/C53H101NO5/c1-4-7-10-13-16-19-22-25-26-28-29-32-35-38-41-44-49(59-53(58)46-43-40-37-34-31-24-21-18-15-12-9-6-3)47-52(57)54-50(48-55)51(56)45-42-39-36-33-30-27-23-20-17-14-11-8-5-2/h18,21,25-26,49-51,55-56H,4-17,19-20,22-24,27-48H2,1-3H3,(H,54,57)/b21-18-,26-25+. The van der Waals surface area contributed by atoms with E-state index in [0.717, 1.165) is 64.2 Å². The third-order valence-electron chi connectivity index (χ3n) is 12.0. The minimum atomic E-state index is -0.787. The van der Waals surface area contributed by atoms with Gasteiger partial charge in [-0.2, -0.15) is 0 Å². The normalized spacial score (nSPS) is 13.4. The van der Waals surface area contributed by atoms with E-state index in [1.54, 1.807) is 0 Å². The Kier molecular flexibility index (Phi) is 46.1. The van der Waals surface area contributed by atoms with Gasteiger partial charge in [-0.05, 0) is 77.0 Å². The Bertz CT molecular complexity index is 935. The summed E-state index contributed by atoms with van der Waals surface area (Å²) in [6.45, 7) is 6.47. The van der Waals surface area contributed by atoms with Gasteiger partial charge in [-0.1, -0.05) is 212 Å². The summed E-state index contributed by atoms with van der Waals surface area (Å²) < 4.78 is 5.93. The summed E-state index contributed by atoms with van der Waals surface area (Å²) in [5, 5.41) is 23.8. The van der Waals surface area contributed by atoms with Gasteiger partial charge in [0.25, 0.3) is 0 Å². The molecule has 59 heavy (non-hydrogen) atoms. The number of esters is 1. The fourth-order valence-corrected chi connectivity index (χ4v) is 8.01. The van der Waals surface area contributed by atoms with Crippen LogP contribution < -0.4 is 5.32 Å². The van der Waals surface area contributed by atoms with Gasteiger partial charge < -0.3 is 20.3 Å². The summed E-state index contributed by atoms with van der Waals surface area (Å²) in [5.41, 5.74) is 0. The molecule has 0 aromatic heterocycles. The molecule has 0 aliphatic heterocycles. The summed E-state index contributed by atoms with van der Waals surface area (Å²) in [5.74, 6) is -0.481. The summed E-state index contributed by atoms with van der Waals surface area (Å²) in [7, 11) is 0. The van der Waals surface area contributed by atoms with Crippen molar-refractivity contribution in [2.45, 2.75) is 296 Å². The average molecular weight is 832 g/mol. The number of carbonyl (C=O) groups excluding carboxylic acids is 2. The van der Waals surface area contributed by atoms with E-state index in [4.69, 9.17) is 4.74 Å². The van der Waals surface area contributed by atoms with Crippen LogP contribution in [-0.2, 0) is 14.3 Å². The second-order valence-corrected chi connectivity index (χ2v) is 17.9. The van der Waals surface area contributed by atoms with Crippen molar-refractivity contribution in [2.75, 3.05) is 6.61 Å². The smallest absolute Gasteiger partial charge is 0.306 e. The summed E-state index contributed by atoms with van der Waals surface area (Å²) in [6, 6.07) is -0.701. The zero-order valence-corrected chi connectivity index (χ0v) is 39.7. The molecule has 0 aliphatic carbocycles. The van der Waals surface area contributed by atoms with Crippen LogP contribution in [0.25, 0.3) is 0 Å². The molecule has 0 aliphatic rings. The molecular weight excluding hydrogens is 731 g/mol. The van der Waals surface area contributed by atoms with E-state index in [0.29, 0.717) is 19.3 Å². The molecule has 3 N–H and O–H groups in total. The molecule has 1 amide bonds. The van der Waals surface area contributed by atoms with E-state index < -0.39 is 18.2 Å². The number of hydrogen-bond donors (Lipinski definition) is 3. The lowest BCUT2D eigenvalue weighted by atomic mass is 10.0. The van der Waals surface area contributed by atoms with E-state index in [2.05, 4.69) is 50.4 Å². The largest absolute Gasteiger partial charge is 0.462 e. The summed E-state index contributed by atoms with van der Waals surface area (Å²) in [4.78, 5) is 26.1. The minimum Gasteiger partial charge on any atom is -0.462 e. The molecule has 348 valence electrons. The van der Waals surface area contributed by atoms with Crippen molar-refractivity contribution in [1.82, 2.24) is 5.32 Å². The number of nitrogens with one attached hydrogen (secondary N) is 1. The molecule has 0 bridgehead atoms. The molecule has 0 fully saturated rings. The molecule has 0 rings (SSSR count). The number of carbonyl (C=O) groups is 2. The van der Waals surface area contributed by atoms with Crippen LogP contribution in [-0.4, -0.2) is 46.9 Å². The maximum absolute atomic E-state index is 13.2. The van der Waals surface area contributed by atoms with Crippen LogP contribution in [0.2, 0.25) is 0 Å². The van der Waals surface area contributed by atoms with Gasteiger partial charge in [0.05, 0.1) is 25.2 Å². The molecule has 3 atom stereocenters. The first kappa shape index (κ1) is 57.3. The molecule has 0 saturated heterocycles. The third-order valence-corrected chi connectivity index (χ3v) is 12.0. The average Bonchev–Trinajstić information content (AvgIpc) is 3.23. The number of ether oxygens (including phenoxy) is 1. The summed E-state index contributed by atoms with van der Waals surface area (Å²) >= 11 is 0. The fraction of sp³-hybridized carbons (Fsp3) is 0.887. The van der Waals surface area contributed by atoms with E-state index in [1.807, 2.05) is 0 Å². The highest BCUT2D eigenvalue weighted by molar-refractivity contribution is 5.77. The highest BCUT2D eigenvalue weighted by Gasteiger charge is 2.24. The number of rotatable bonds is 47. The first-order valence-electron chi connectivity index (χ1n) is 26.1. The van der Waals surface area contributed by atoms with Crippen molar-refractivity contribution in [2.24, 2.45) is 0 Å². The van der Waals surface area contributed by atoms with Crippen molar-refractivity contribution in [1.29, 1.82) is 0 Å². The lowest BCUT2D eigenvalue weighted by Crippen LogP contribution is -2.46. The van der Waals surface area contributed by atoms with Crippen molar-refractivity contribution in [3.8, 4) is 0 Å². The lowest BCUT2D eigenvalue weighted by Gasteiger charge is -2.24. The van der Waals surface area contributed by atoms with Gasteiger partial charge in [0, 0.05) is 6.42 Å². The Balaban J connectivity index is 4.58. The predicted octanol–water partition coefficient (Wildman–Crippen LogP) is 15.5. The number of hydrogen-bond acceptors (Lipinski definition) is 5. The zero-order valence-electron chi connectivity index (χ0n) is 39.7. The van der Waals surface area contributed by atoms with E-state index >= 15 is 0 Å². The van der Waals surface area contributed by atoms with Gasteiger partial charge in [-0.25, -0.2) is 0 Å². The van der Waals surface area contributed by atoms with E-state index in [1.165, 1.54) is 167 Å². The minimum absolute atomic E-state index is 0.0725. The van der Waals surface area contributed by atoms with Crippen LogP contribution in [0.15, 0.2) is 24.3 Å². The number of aliphatic hydroxyl groups is 2. The Labute approximate surface area is 367 Å². The van der Waals surface area contributed by atoms with Crippen LogP contribution in [0, 0.1) is 0 Å². The Morgan fingerprint density at radius 3 is 1.24 bits per heavy atom. The Morgan fingerprint density at radius 2 is 0.814 bits per heavy atom. The van der Waals surface area contributed by atoms with Gasteiger partial charge >= 0.3 is 5.97 Å². The molecular formula is C53H101NO5. The van der Waals surface area contributed by atoms with Crippen molar-refractivity contribution in [3.63, 3.8) is 0 Å². The first-order valence-corrected chi connectivity index (χ1v) is 26.1. The van der Waals surface area contributed by atoms with Gasteiger partial charge in [0.15, 0.2) is 0 Å². The number of allylic oxidation sites excluding steroid dienone is 4. The molecule has 0 saturated carbocycles. The van der Waals surface area contributed by atoms with E-state index in [9.17, 15) is 19.8 Å². The predicted molar refractivity (Wildman–Crippen MR) is 255 cm³/mol. The first-order chi connectivity index (χ1) is 29.0. The second kappa shape index (κ2) is 47.4. The number of aliphatic hydroxyl groups excluding tert-OH is 2. The number of amides is 1. The van der Waals surface area contributed by atoms with Crippen molar-refractivity contribution >= 4 is 11.9 Å². The maximum atomic E-state index is 13.2. The van der Waals surface area contributed by atoms with E-state index in [-0.39, 0.29) is 24.9 Å². The Hall–Kier alpha value is -1.66. The van der Waals surface area contributed by atoms with Crippen LogP contribution in [0.5, 0.6) is 0 Å². The van der Waals surface area contributed by atoms with Crippen LogP contribution in [0.1, 0.15) is 278 Å². The molecule has 6 heteroatoms. The highest BCUT2D eigenvalue weighted by atomic mass is 16.5. The molecule has 6 nitrogen and oxygen atoms in total. The van der Waals surface area contributed by atoms with Crippen LogP contribution in [0.4, 0.5) is 0 Å². The van der Waals surface area contributed by atoms with Gasteiger partial charge in [-0.15, -0.1) is 0 Å². The molecule has 0 aromatic carbocycles.